The molecule has 0 saturated heterocycles. The van der Waals surface area contributed by atoms with Gasteiger partial charge in [0.15, 0.2) is 0 Å². The van der Waals surface area contributed by atoms with Crippen LogP contribution in [0.3, 0.4) is 0 Å². The van der Waals surface area contributed by atoms with E-state index in [-0.39, 0.29) is 11.4 Å². The summed E-state index contributed by atoms with van der Waals surface area (Å²) in [6.45, 7) is 0. The molecule has 0 saturated carbocycles. The lowest BCUT2D eigenvalue weighted by Crippen LogP contribution is -2.03. The van der Waals surface area contributed by atoms with Gasteiger partial charge in [-0.05, 0) is 18.2 Å². The van der Waals surface area contributed by atoms with Crippen molar-refractivity contribution in [1.82, 2.24) is 4.98 Å². The third-order valence-electron chi connectivity index (χ3n) is 2.74. The van der Waals surface area contributed by atoms with E-state index in [1.54, 1.807) is 18.2 Å². The average Bonchev–Trinajstić information content (AvgIpc) is 2.45. The molecule has 0 unspecified atom stereocenters. The van der Waals surface area contributed by atoms with Gasteiger partial charge in [-0.3, -0.25) is 0 Å². The van der Waals surface area contributed by atoms with Gasteiger partial charge in [-0.2, -0.15) is 0 Å². The molecule has 7 heteroatoms. The number of hydrogen-bond acceptors (Lipinski definition) is 4. The zero-order chi connectivity index (χ0) is 15.6. The number of methoxy groups -OCH3 is 2. The van der Waals surface area contributed by atoms with Crippen molar-refractivity contribution < 1.29 is 14.3 Å². The van der Waals surface area contributed by atoms with Crippen LogP contribution in [-0.4, -0.2) is 25.2 Å². The highest BCUT2D eigenvalue weighted by atomic mass is 35.5. The number of rotatable bonds is 3. The van der Waals surface area contributed by atoms with Crippen molar-refractivity contribution in [2.24, 2.45) is 0 Å². The first-order valence-electron chi connectivity index (χ1n) is 5.75. The van der Waals surface area contributed by atoms with Gasteiger partial charge in [0.1, 0.15) is 0 Å². The Kier molecular flexibility index (Phi) is 4.93. The number of carbonyl (C=O) groups is 1. The molecule has 21 heavy (non-hydrogen) atoms. The van der Waals surface area contributed by atoms with Crippen LogP contribution in [0.15, 0.2) is 24.4 Å². The lowest BCUT2D eigenvalue weighted by Gasteiger charge is -2.12. The summed E-state index contributed by atoms with van der Waals surface area (Å²) in [6, 6.07) is 4.65. The molecule has 0 aliphatic rings. The van der Waals surface area contributed by atoms with E-state index in [1.807, 2.05) is 0 Å². The van der Waals surface area contributed by atoms with Crippen molar-refractivity contribution in [2.45, 2.75) is 0 Å². The first kappa shape index (κ1) is 15.9. The Labute approximate surface area is 136 Å². The Morgan fingerprint density at radius 2 is 1.71 bits per heavy atom. The van der Waals surface area contributed by atoms with Crippen LogP contribution in [0.4, 0.5) is 0 Å². The fourth-order valence-electron chi connectivity index (χ4n) is 1.82. The summed E-state index contributed by atoms with van der Waals surface area (Å²) in [4.78, 5) is 15.7. The minimum atomic E-state index is -0.521. The monoisotopic (exact) mass is 345 g/mol. The zero-order valence-corrected chi connectivity index (χ0v) is 13.4. The summed E-state index contributed by atoms with van der Waals surface area (Å²) in [5.41, 5.74) is 1.22. The van der Waals surface area contributed by atoms with Crippen LogP contribution >= 0.6 is 34.8 Å². The number of nitrogens with zero attached hydrogens (tertiary/aromatic N) is 1. The van der Waals surface area contributed by atoms with Crippen LogP contribution in [0.2, 0.25) is 15.1 Å². The maximum absolute atomic E-state index is 11.6. The average molecular weight is 347 g/mol. The normalized spacial score (nSPS) is 10.3. The molecule has 2 aromatic rings. The number of hydrogen-bond donors (Lipinski definition) is 0. The minimum absolute atomic E-state index is 0.260. The van der Waals surface area contributed by atoms with Crippen LogP contribution in [0, 0.1) is 0 Å². The number of benzene rings is 1. The van der Waals surface area contributed by atoms with Gasteiger partial charge in [0.2, 0.25) is 5.88 Å². The van der Waals surface area contributed by atoms with E-state index in [2.05, 4.69) is 9.72 Å². The third kappa shape index (κ3) is 3.23. The molecule has 0 fully saturated rings. The molecule has 0 atom stereocenters. The standard InChI is InChI=1S/C14H10Cl3NO3/c1-20-13-9(3-7(6-18-13)14(19)21-2)12-10(16)4-8(15)5-11(12)17/h3-6H,1-2H3. The van der Waals surface area contributed by atoms with Gasteiger partial charge in [-0.1, -0.05) is 34.8 Å². The molecule has 0 aliphatic carbocycles. The number of esters is 1. The van der Waals surface area contributed by atoms with Crippen molar-refractivity contribution >= 4 is 40.8 Å². The first-order chi connectivity index (χ1) is 9.97. The van der Waals surface area contributed by atoms with E-state index in [0.717, 1.165) is 0 Å². The van der Waals surface area contributed by atoms with Crippen LogP contribution in [-0.2, 0) is 4.74 Å². The Morgan fingerprint density at radius 3 is 2.24 bits per heavy atom. The second-order valence-corrected chi connectivity index (χ2v) is 5.27. The molecule has 1 aromatic carbocycles. The molecular formula is C14H10Cl3NO3. The molecule has 110 valence electrons. The fraction of sp³-hybridized carbons (Fsp3) is 0.143. The molecule has 4 nitrogen and oxygen atoms in total. The van der Waals surface area contributed by atoms with Crippen molar-refractivity contribution in [3.05, 3.63) is 45.0 Å². The van der Waals surface area contributed by atoms with Gasteiger partial charge in [0, 0.05) is 22.3 Å². The molecule has 1 heterocycles. The summed E-state index contributed by atoms with van der Waals surface area (Å²) in [5.74, 6) is -0.235. The summed E-state index contributed by atoms with van der Waals surface area (Å²) in [7, 11) is 2.75. The number of halogens is 3. The van der Waals surface area contributed by atoms with E-state index >= 15 is 0 Å². The molecule has 0 N–H and O–H groups in total. The van der Waals surface area contributed by atoms with Crippen LogP contribution in [0.1, 0.15) is 10.4 Å². The highest BCUT2D eigenvalue weighted by molar-refractivity contribution is 6.42. The van der Waals surface area contributed by atoms with Crippen molar-refractivity contribution in [2.75, 3.05) is 14.2 Å². The van der Waals surface area contributed by atoms with Crippen molar-refractivity contribution in [1.29, 1.82) is 0 Å². The van der Waals surface area contributed by atoms with Gasteiger partial charge in [-0.15, -0.1) is 0 Å². The fourth-order valence-corrected chi connectivity index (χ4v) is 2.84. The first-order valence-corrected chi connectivity index (χ1v) is 6.88. The second kappa shape index (κ2) is 6.52. The predicted octanol–water partition coefficient (Wildman–Crippen LogP) is 4.50. The maximum atomic E-state index is 11.6. The van der Waals surface area contributed by atoms with E-state index in [9.17, 15) is 4.79 Å². The highest BCUT2D eigenvalue weighted by Crippen LogP contribution is 2.40. The topological polar surface area (TPSA) is 48.4 Å². The quantitative estimate of drug-likeness (QED) is 0.768. The zero-order valence-electron chi connectivity index (χ0n) is 11.1. The summed E-state index contributed by atoms with van der Waals surface area (Å²) < 4.78 is 9.87. The third-order valence-corrected chi connectivity index (χ3v) is 3.56. The lowest BCUT2D eigenvalue weighted by atomic mass is 10.0. The van der Waals surface area contributed by atoms with Gasteiger partial charge < -0.3 is 9.47 Å². The van der Waals surface area contributed by atoms with Crippen molar-refractivity contribution in [3.63, 3.8) is 0 Å². The second-order valence-electron chi connectivity index (χ2n) is 4.02. The van der Waals surface area contributed by atoms with E-state index in [0.29, 0.717) is 26.2 Å². The van der Waals surface area contributed by atoms with Crippen LogP contribution in [0.5, 0.6) is 5.88 Å². The Balaban J connectivity index is 2.70. The molecule has 0 spiro atoms. The largest absolute Gasteiger partial charge is 0.481 e. The minimum Gasteiger partial charge on any atom is -0.481 e. The van der Waals surface area contributed by atoms with E-state index in [4.69, 9.17) is 39.5 Å². The van der Waals surface area contributed by atoms with Gasteiger partial charge >= 0.3 is 5.97 Å². The Bertz CT molecular complexity index is 681. The SMILES string of the molecule is COC(=O)c1cnc(OC)c(-c2c(Cl)cc(Cl)cc2Cl)c1. The van der Waals surface area contributed by atoms with Crippen molar-refractivity contribution in [3.8, 4) is 17.0 Å². The number of aromatic nitrogens is 1. The summed E-state index contributed by atoms with van der Waals surface area (Å²) in [5, 5.41) is 1.06. The predicted molar refractivity (Wildman–Crippen MR) is 82.6 cm³/mol. The van der Waals surface area contributed by atoms with E-state index in [1.165, 1.54) is 20.4 Å². The molecule has 0 radical (unpaired) electrons. The Hall–Kier alpha value is -1.49. The summed E-state index contributed by atoms with van der Waals surface area (Å²) in [6.07, 6.45) is 1.35. The van der Waals surface area contributed by atoms with E-state index < -0.39 is 5.97 Å². The number of pyridine rings is 1. The Morgan fingerprint density at radius 1 is 1.10 bits per heavy atom. The highest BCUT2D eigenvalue weighted by Gasteiger charge is 2.18. The molecule has 2 rings (SSSR count). The molecule has 0 bridgehead atoms. The molecular weight excluding hydrogens is 337 g/mol. The number of carbonyl (C=O) groups excluding carboxylic acids is 1. The molecule has 0 amide bonds. The maximum Gasteiger partial charge on any atom is 0.339 e. The van der Waals surface area contributed by atoms with Crippen LogP contribution in [0.25, 0.3) is 11.1 Å². The number of ether oxygens (including phenoxy) is 2. The van der Waals surface area contributed by atoms with Gasteiger partial charge in [0.25, 0.3) is 0 Å². The molecule has 1 aromatic heterocycles. The lowest BCUT2D eigenvalue weighted by molar-refractivity contribution is 0.0600. The summed E-state index contributed by atoms with van der Waals surface area (Å²) >= 11 is 18.3. The van der Waals surface area contributed by atoms with Gasteiger partial charge in [0.05, 0.1) is 29.8 Å². The smallest absolute Gasteiger partial charge is 0.339 e. The van der Waals surface area contributed by atoms with Crippen LogP contribution < -0.4 is 4.74 Å². The molecule has 0 aliphatic heterocycles. The van der Waals surface area contributed by atoms with Gasteiger partial charge in [-0.25, -0.2) is 9.78 Å².